The quantitative estimate of drug-likeness (QED) is 0.651. The van der Waals surface area contributed by atoms with Gasteiger partial charge >= 0.3 is 0 Å². The minimum atomic E-state index is -0.540. The third-order valence-electron chi connectivity index (χ3n) is 2.85. The van der Waals surface area contributed by atoms with Crippen molar-refractivity contribution in [3.05, 3.63) is 34.3 Å². The number of aryl methyl sites for hydroxylation is 1. The van der Waals surface area contributed by atoms with E-state index >= 15 is 0 Å². The van der Waals surface area contributed by atoms with Crippen LogP contribution in [0.2, 0.25) is 0 Å². The Morgan fingerprint density at radius 3 is 2.05 bits per heavy atom. The Hall–Kier alpha value is -2.08. The van der Waals surface area contributed by atoms with Gasteiger partial charge in [0.15, 0.2) is 0 Å². The lowest BCUT2D eigenvalue weighted by Gasteiger charge is -1.98. The lowest BCUT2D eigenvalue weighted by Crippen LogP contribution is -2.26. The molecule has 0 saturated carbocycles. The van der Waals surface area contributed by atoms with Gasteiger partial charge in [0.05, 0.1) is 5.52 Å². The van der Waals surface area contributed by atoms with E-state index in [1.807, 2.05) is 39.8 Å². The van der Waals surface area contributed by atoms with Gasteiger partial charge in [-0.25, -0.2) is 8.78 Å². The largest absolute Gasteiger partial charge is 0.341 e. The summed E-state index contributed by atoms with van der Waals surface area (Å²) in [6, 6.07) is 2.29. The lowest BCUT2D eigenvalue weighted by atomic mass is 10.2. The van der Waals surface area contributed by atoms with E-state index in [1.165, 1.54) is 6.07 Å². The topological polar surface area (TPSA) is 4.93 Å². The van der Waals surface area contributed by atoms with Gasteiger partial charge in [-0.15, -0.1) is 12.8 Å². The minimum Gasteiger partial charge on any atom is -0.341 e. The highest BCUT2D eigenvalue weighted by molar-refractivity contribution is 5.82. The number of rotatable bonds is 0. The summed E-state index contributed by atoms with van der Waals surface area (Å²) in [5, 5.41) is 2.40. The van der Waals surface area contributed by atoms with E-state index in [1.54, 1.807) is 11.6 Å². The zero-order chi connectivity index (χ0) is 15.9. The third-order valence-corrected chi connectivity index (χ3v) is 2.85. The van der Waals surface area contributed by atoms with Crippen molar-refractivity contribution in [3.63, 3.8) is 0 Å². The van der Waals surface area contributed by atoms with Crippen molar-refractivity contribution >= 4 is 23.1 Å². The van der Waals surface area contributed by atoms with E-state index in [-0.39, 0.29) is 0 Å². The van der Waals surface area contributed by atoms with E-state index in [0.717, 1.165) is 16.6 Å². The van der Waals surface area contributed by atoms with Crippen LogP contribution in [0.4, 0.5) is 8.78 Å². The molecule has 0 aliphatic rings. The molecule has 0 atom stereocenters. The maximum absolute atomic E-state index is 13.7. The lowest BCUT2D eigenvalue weighted by molar-refractivity contribution is 0.588. The Labute approximate surface area is 119 Å². The van der Waals surface area contributed by atoms with Crippen LogP contribution in [-0.2, 0) is 7.05 Å². The molecule has 0 unspecified atom stereocenters. The van der Waals surface area contributed by atoms with Crippen molar-refractivity contribution in [3.8, 4) is 12.8 Å². The second-order valence-electron chi connectivity index (χ2n) is 3.72. The molecule has 108 valence electrons. The van der Waals surface area contributed by atoms with Crippen molar-refractivity contribution in [2.45, 2.75) is 27.7 Å². The zero-order valence-corrected chi connectivity index (χ0v) is 12.7. The Morgan fingerprint density at radius 1 is 1.05 bits per heavy atom. The van der Waals surface area contributed by atoms with Gasteiger partial charge in [-0.05, 0) is 19.9 Å². The molecule has 0 radical (unpaired) electrons. The highest BCUT2D eigenvalue weighted by Gasteiger charge is 2.10. The van der Waals surface area contributed by atoms with Crippen LogP contribution in [-0.4, -0.2) is 4.57 Å². The van der Waals surface area contributed by atoms with E-state index in [0.29, 0.717) is 10.9 Å². The van der Waals surface area contributed by atoms with E-state index < -0.39 is 11.6 Å². The molecular weight excluding hydrogens is 256 g/mol. The predicted molar refractivity (Wildman–Crippen MR) is 83.6 cm³/mol. The van der Waals surface area contributed by atoms with Gasteiger partial charge in [-0.2, -0.15) is 0 Å². The van der Waals surface area contributed by atoms with Crippen molar-refractivity contribution in [2.24, 2.45) is 7.05 Å². The average Bonchev–Trinajstić information content (AvgIpc) is 2.74. The van der Waals surface area contributed by atoms with Gasteiger partial charge in [-0.3, -0.25) is 0 Å². The summed E-state index contributed by atoms with van der Waals surface area (Å²) in [6.45, 7) is 7.75. The highest BCUT2D eigenvalue weighted by atomic mass is 19.1. The van der Waals surface area contributed by atoms with E-state index in [2.05, 4.69) is 12.8 Å². The molecule has 2 rings (SSSR count). The first kappa shape index (κ1) is 17.9. The number of hydrogen-bond acceptors (Lipinski definition) is 0. The monoisotopic (exact) mass is 277 g/mol. The van der Waals surface area contributed by atoms with Crippen LogP contribution >= 0.6 is 0 Å². The summed E-state index contributed by atoms with van der Waals surface area (Å²) >= 11 is 0. The van der Waals surface area contributed by atoms with Crippen molar-refractivity contribution in [2.75, 3.05) is 0 Å². The predicted octanol–water partition coefficient (Wildman–Crippen LogP) is 3.33. The van der Waals surface area contributed by atoms with Crippen LogP contribution in [0, 0.1) is 24.5 Å². The number of nitrogens with zero attached hydrogens (tertiary/aromatic N) is 1. The molecule has 3 heteroatoms. The van der Waals surface area contributed by atoms with E-state index in [9.17, 15) is 8.78 Å². The van der Waals surface area contributed by atoms with Gasteiger partial charge < -0.3 is 4.57 Å². The van der Waals surface area contributed by atoms with Crippen LogP contribution < -0.4 is 10.6 Å². The van der Waals surface area contributed by atoms with Crippen LogP contribution in [0.1, 0.15) is 27.7 Å². The molecule has 0 bridgehead atoms. The summed E-state index contributed by atoms with van der Waals surface area (Å²) in [5.41, 5.74) is 0.447. The number of benzene rings is 1. The van der Waals surface area contributed by atoms with Crippen molar-refractivity contribution in [1.29, 1.82) is 0 Å². The Balaban J connectivity index is 0.000000829. The van der Waals surface area contributed by atoms with Crippen molar-refractivity contribution < 1.29 is 8.78 Å². The molecule has 0 aliphatic carbocycles. The summed E-state index contributed by atoms with van der Waals surface area (Å²) in [6.07, 6.45) is 11.8. The first-order chi connectivity index (χ1) is 9.60. The number of terminal acetylenes is 1. The van der Waals surface area contributed by atoms with Gasteiger partial charge in [0.2, 0.25) is 0 Å². The zero-order valence-electron chi connectivity index (χ0n) is 12.7. The molecule has 0 N–H and O–H groups in total. The van der Waals surface area contributed by atoms with Crippen LogP contribution in [0.3, 0.4) is 0 Å². The van der Waals surface area contributed by atoms with Gasteiger partial charge in [0.1, 0.15) is 11.6 Å². The molecule has 20 heavy (non-hydrogen) atoms. The first-order valence-corrected chi connectivity index (χ1v) is 6.49. The maximum atomic E-state index is 13.7. The number of fused-ring (bicyclic) bond motifs is 1. The second kappa shape index (κ2) is 8.16. The minimum absolute atomic E-state index is 0.447. The van der Waals surface area contributed by atoms with Crippen LogP contribution in [0.15, 0.2) is 12.1 Å². The fourth-order valence-corrected chi connectivity index (χ4v) is 2.20. The average molecular weight is 277 g/mol. The summed E-state index contributed by atoms with van der Waals surface area (Å²) in [4.78, 5) is 0. The fraction of sp³-hybridized carbons (Fsp3) is 0.294. The molecule has 0 aliphatic heterocycles. The number of aromatic nitrogens is 1. The summed E-state index contributed by atoms with van der Waals surface area (Å²) in [7, 11) is 1.78. The summed E-state index contributed by atoms with van der Waals surface area (Å²) < 4.78 is 28.6. The second-order valence-corrected chi connectivity index (χ2v) is 3.72. The SMILES string of the molecule is C#C.C/C=c1\c(=C/C)n(C)c2c(F)cc(F)cc12.CC. The molecule has 0 amide bonds. The molecular formula is C17H21F2N. The van der Waals surface area contributed by atoms with Crippen LogP contribution in [0.5, 0.6) is 0 Å². The van der Waals surface area contributed by atoms with Gasteiger partial charge in [0.25, 0.3) is 0 Å². The molecule has 1 heterocycles. The Bertz CT molecular complexity index is 706. The Morgan fingerprint density at radius 2 is 1.60 bits per heavy atom. The molecule has 1 aromatic heterocycles. The van der Waals surface area contributed by atoms with Gasteiger partial charge in [0, 0.05) is 29.1 Å². The Kier molecular flexibility index (Phi) is 7.31. The first-order valence-electron chi connectivity index (χ1n) is 6.49. The standard InChI is InChI=1S/C13H13F2N.C2H6.C2H2/c1-4-9-10-6-8(14)7-11(15)13(10)16(3)12(9)5-2;2*1-2/h4-7H,1-3H3;1-2H3;1-2H/b9-4-,12-5+;;. The molecule has 2 aromatic rings. The van der Waals surface area contributed by atoms with Crippen molar-refractivity contribution in [1.82, 2.24) is 4.57 Å². The number of halogens is 2. The molecule has 1 nitrogen and oxygen atoms in total. The molecule has 0 fully saturated rings. The molecule has 1 aromatic carbocycles. The molecule has 0 spiro atoms. The van der Waals surface area contributed by atoms with Crippen LogP contribution in [0.25, 0.3) is 23.1 Å². The highest BCUT2D eigenvalue weighted by Crippen LogP contribution is 2.15. The summed E-state index contributed by atoms with van der Waals surface area (Å²) in [5.74, 6) is -1.06. The van der Waals surface area contributed by atoms with E-state index in [4.69, 9.17) is 0 Å². The third kappa shape index (κ3) is 3.08. The smallest absolute Gasteiger partial charge is 0.150 e. The normalized spacial score (nSPS) is 11.7. The maximum Gasteiger partial charge on any atom is 0.150 e. The number of hydrogen-bond donors (Lipinski definition) is 0. The van der Waals surface area contributed by atoms with Gasteiger partial charge in [-0.1, -0.05) is 26.0 Å². The fourth-order valence-electron chi connectivity index (χ4n) is 2.20. The molecule has 0 saturated heterocycles.